The lowest BCUT2D eigenvalue weighted by Crippen LogP contribution is -2.58. The SMILES string of the molecule is C=C1C(=O)OC2C1C1CC1(C)C1CC(OC(C)=O)C(C)C21O. The first-order chi connectivity index (χ1) is 10.2. The van der Waals surface area contributed by atoms with Gasteiger partial charge >= 0.3 is 11.9 Å². The molecule has 120 valence electrons. The zero-order chi connectivity index (χ0) is 16.0. The summed E-state index contributed by atoms with van der Waals surface area (Å²) in [6.07, 6.45) is 0.735. The summed E-state index contributed by atoms with van der Waals surface area (Å²) in [4.78, 5) is 23.3. The normalized spacial score (nSPS) is 55.1. The van der Waals surface area contributed by atoms with Crippen molar-refractivity contribution in [1.29, 1.82) is 0 Å². The van der Waals surface area contributed by atoms with Gasteiger partial charge in [0.15, 0.2) is 0 Å². The van der Waals surface area contributed by atoms with Crippen molar-refractivity contribution < 1.29 is 24.2 Å². The molecule has 5 heteroatoms. The van der Waals surface area contributed by atoms with E-state index in [2.05, 4.69) is 13.5 Å². The molecule has 1 saturated heterocycles. The summed E-state index contributed by atoms with van der Waals surface area (Å²) in [5, 5.41) is 11.5. The maximum Gasteiger partial charge on any atom is 0.334 e. The summed E-state index contributed by atoms with van der Waals surface area (Å²) in [6.45, 7) is 9.35. The third-order valence-corrected chi connectivity index (χ3v) is 6.89. The Morgan fingerprint density at radius 2 is 2.18 bits per heavy atom. The van der Waals surface area contributed by atoms with E-state index in [1.165, 1.54) is 6.92 Å². The van der Waals surface area contributed by atoms with E-state index in [9.17, 15) is 14.7 Å². The highest BCUT2D eigenvalue weighted by Gasteiger charge is 2.78. The smallest absolute Gasteiger partial charge is 0.334 e. The molecule has 1 heterocycles. The molecular formula is C17H22O5. The zero-order valence-corrected chi connectivity index (χ0v) is 13.2. The predicted octanol–water partition coefficient (Wildman–Crippen LogP) is 1.44. The van der Waals surface area contributed by atoms with Gasteiger partial charge < -0.3 is 14.6 Å². The van der Waals surface area contributed by atoms with E-state index in [0.29, 0.717) is 17.9 Å². The molecule has 4 aliphatic rings. The van der Waals surface area contributed by atoms with Gasteiger partial charge in [0.2, 0.25) is 0 Å². The van der Waals surface area contributed by atoms with Gasteiger partial charge in [-0.3, -0.25) is 4.79 Å². The Bertz CT molecular complexity index is 598. The Kier molecular flexibility index (Phi) is 2.55. The molecule has 3 aliphatic carbocycles. The van der Waals surface area contributed by atoms with Crippen LogP contribution in [0.5, 0.6) is 0 Å². The Labute approximate surface area is 129 Å². The molecule has 0 aromatic carbocycles. The van der Waals surface area contributed by atoms with E-state index in [-0.39, 0.29) is 41.2 Å². The number of carbonyl (C=O) groups is 2. The average Bonchev–Trinajstić information content (AvgIpc) is 2.93. The molecule has 1 aliphatic heterocycles. The summed E-state index contributed by atoms with van der Waals surface area (Å²) >= 11 is 0. The fraction of sp³-hybridized carbons (Fsp3) is 0.765. The number of esters is 2. The number of fused-ring (bicyclic) bond motifs is 6. The molecule has 3 saturated carbocycles. The number of aliphatic hydroxyl groups is 1. The van der Waals surface area contributed by atoms with Crippen LogP contribution in [0.1, 0.15) is 33.6 Å². The van der Waals surface area contributed by atoms with Crippen LogP contribution in [0.15, 0.2) is 12.2 Å². The molecule has 0 bridgehead atoms. The van der Waals surface area contributed by atoms with Gasteiger partial charge in [0.25, 0.3) is 0 Å². The summed E-state index contributed by atoms with van der Waals surface area (Å²) in [5.41, 5.74) is -0.661. The lowest BCUT2D eigenvalue weighted by atomic mass is 9.62. The van der Waals surface area contributed by atoms with E-state index < -0.39 is 11.7 Å². The van der Waals surface area contributed by atoms with Gasteiger partial charge in [-0.1, -0.05) is 20.4 Å². The van der Waals surface area contributed by atoms with E-state index >= 15 is 0 Å². The highest BCUT2D eigenvalue weighted by molar-refractivity contribution is 5.91. The minimum Gasteiger partial charge on any atom is -0.462 e. The van der Waals surface area contributed by atoms with Crippen molar-refractivity contribution in [1.82, 2.24) is 0 Å². The number of ether oxygens (including phenoxy) is 2. The van der Waals surface area contributed by atoms with Crippen molar-refractivity contribution in [3.8, 4) is 0 Å². The summed E-state index contributed by atoms with van der Waals surface area (Å²) in [5.74, 6) is -0.750. The maximum absolute atomic E-state index is 12.0. The molecule has 0 spiro atoms. The topological polar surface area (TPSA) is 72.8 Å². The Morgan fingerprint density at radius 3 is 2.82 bits per heavy atom. The fourth-order valence-electron chi connectivity index (χ4n) is 5.63. The molecule has 8 unspecified atom stereocenters. The van der Waals surface area contributed by atoms with Crippen molar-refractivity contribution in [2.75, 3.05) is 0 Å². The minimum absolute atomic E-state index is 0.00991. The summed E-state index contributed by atoms with van der Waals surface area (Å²) in [6, 6.07) is 0. The molecule has 0 aromatic rings. The Morgan fingerprint density at radius 1 is 1.50 bits per heavy atom. The summed E-state index contributed by atoms with van der Waals surface area (Å²) in [7, 11) is 0. The monoisotopic (exact) mass is 306 g/mol. The van der Waals surface area contributed by atoms with Gasteiger partial charge in [0.1, 0.15) is 17.8 Å². The first kappa shape index (κ1) is 14.2. The van der Waals surface area contributed by atoms with E-state index in [0.717, 1.165) is 6.42 Å². The molecule has 5 nitrogen and oxygen atoms in total. The number of rotatable bonds is 1. The van der Waals surface area contributed by atoms with Crippen LogP contribution in [0.2, 0.25) is 0 Å². The van der Waals surface area contributed by atoms with Gasteiger partial charge in [-0.2, -0.15) is 0 Å². The van der Waals surface area contributed by atoms with E-state index in [1.807, 2.05) is 6.92 Å². The van der Waals surface area contributed by atoms with Crippen LogP contribution >= 0.6 is 0 Å². The van der Waals surface area contributed by atoms with Crippen LogP contribution in [-0.2, 0) is 19.1 Å². The van der Waals surface area contributed by atoms with Crippen LogP contribution in [0.4, 0.5) is 0 Å². The lowest BCUT2D eigenvalue weighted by Gasteiger charge is -2.47. The first-order valence-electron chi connectivity index (χ1n) is 8.00. The van der Waals surface area contributed by atoms with Gasteiger partial charge in [-0.05, 0) is 24.2 Å². The van der Waals surface area contributed by atoms with Crippen LogP contribution in [0.3, 0.4) is 0 Å². The second-order valence-electron chi connectivity index (χ2n) is 7.81. The minimum atomic E-state index is -1.14. The van der Waals surface area contributed by atoms with Crippen LogP contribution in [0.25, 0.3) is 0 Å². The second kappa shape index (κ2) is 3.94. The molecule has 22 heavy (non-hydrogen) atoms. The van der Waals surface area contributed by atoms with Gasteiger partial charge in [-0.15, -0.1) is 0 Å². The molecule has 0 radical (unpaired) electrons. The molecule has 0 aromatic heterocycles. The Balaban J connectivity index is 1.77. The lowest BCUT2D eigenvalue weighted by molar-refractivity contribution is -0.189. The highest BCUT2D eigenvalue weighted by atomic mass is 16.6. The van der Waals surface area contributed by atoms with Gasteiger partial charge in [-0.25, -0.2) is 4.79 Å². The van der Waals surface area contributed by atoms with Crippen LogP contribution < -0.4 is 0 Å². The van der Waals surface area contributed by atoms with E-state index in [4.69, 9.17) is 9.47 Å². The van der Waals surface area contributed by atoms with E-state index in [1.54, 1.807) is 0 Å². The first-order valence-corrected chi connectivity index (χ1v) is 8.00. The maximum atomic E-state index is 12.0. The molecule has 4 fully saturated rings. The predicted molar refractivity (Wildman–Crippen MR) is 76.5 cm³/mol. The number of hydrogen-bond acceptors (Lipinski definition) is 5. The zero-order valence-electron chi connectivity index (χ0n) is 13.2. The summed E-state index contributed by atoms with van der Waals surface area (Å²) < 4.78 is 11.0. The average molecular weight is 306 g/mol. The Hall–Kier alpha value is -1.36. The molecule has 0 amide bonds. The van der Waals surface area contributed by atoms with Crippen molar-refractivity contribution in [2.45, 2.75) is 51.4 Å². The quantitative estimate of drug-likeness (QED) is 0.586. The van der Waals surface area contributed by atoms with Crippen molar-refractivity contribution in [3.63, 3.8) is 0 Å². The second-order valence-corrected chi connectivity index (χ2v) is 7.81. The van der Waals surface area contributed by atoms with Crippen LogP contribution in [0, 0.1) is 29.1 Å². The largest absolute Gasteiger partial charge is 0.462 e. The molecular weight excluding hydrogens is 284 g/mol. The third-order valence-electron chi connectivity index (χ3n) is 6.89. The molecule has 1 N–H and O–H groups in total. The fourth-order valence-corrected chi connectivity index (χ4v) is 5.63. The third kappa shape index (κ3) is 1.43. The standard InChI is InChI=1S/C17H22O5/c1-7-13-10-6-16(10,4)12-5-11(21-9(3)18)8(2)17(12,20)14(13)22-15(7)19/h8,10-14,20H,1,5-6H2,2-4H3. The number of hydrogen-bond donors (Lipinski definition) is 1. The number of carbonyl (C=O) groups excluding carboxylic acids is 2. The van der Waals surface area contributed by atoms with Crippen molar-refractivity contribution in [3.05, 3.63) is 12.2 Å². The van der Waals surface area contributed by atoms with Crippen LogP contribution in [-0.4, -0.2) is 34.9 Å². The van der Waals surface area contributed by atoms with Crippen molar-refractivity contribution >= 4 is 11.9 Å². The van der Waals surface area contributed by atoms with Gasteiger partial charge in [0.05, 0.1) is 0 Å². The van der Waals surface area contributed by atoms with Gasteiger partial charge in [0, 0.05) is 30.3 Å². The molecule has 4 rings (SSSR count). The van der Waals surface area contributed by atoms with Crippen molar-refractivity contribution in [2.24, 2.45) is 29.1 Å². The molecule has 8 atom stereocenters. The highest BCUT2D eigenvalue weighted by Crippen LogP contribution is 2.74.